The van der Waals surface area contributed by atoms with Gasteiger partial charge in [0.1, 0.15) is 0 Å². The summed E-state index contributed by atoms with van der Waals surface area (Å²) in [5, 5.41) is 23.9. The van der Waals surface area contributed by atoms with E-state index in [9.17, 15) is 14.7 Å². The number of aromatic carboxylic acids is 1. The Balaban J connectivity index is 2.05. The van der Waals surface area contributed by atoms with E-state index in [1.807, 2.05) is 0 Å². The van der Waals surface area contributed by atoms with Crippen LogP contribution >= 0.6 is 0 Å². The number of benzene rings is 1. The lowest BCUT2D eigenvalue weighted by molar-refractivity contribution is -0.117. The van der Waals surface area contributed by atoms with Crippen LogP contribution in [0.3, 0.4) is 0 Å². The fourth-order valence-electron chi connectivity index (χ4n) is 2.13. The largest absolute Gasteiger partial charge is 0.478 e. The third kappa shape index (κ3) is 3.10. The van der Waals surface area contributed by atoms with Crippen molar-refractivity contribution in [2.24, 2.45) is 0 Å². The van der Waals surface area contributed by atoms with Gasteiger partial charge < -0.3 is 20.8 Å². The Morgan fingerprint density at radius 3 is 2.68 bits per heavy atom. The maximum absolute atomic E-state index is 11.9. The summed E-state index contributed by atoms with van der Waals surface area (Å²) in [5.74, 6) is -1.21. The summed E-state index contributed by atoms with van der Waals surface area (Å²) in [7, 11) is 0. The molecule has 0 spiro atoms. The summed E-state index contributed by atoms with van der Waals surface area (Å²) in [6, 6.07) is 4.23. The van der Waals surface area contributed by atoms with Gasteiger partial charge in [0.15, 0.2) is 0 Å². The fourth-order valence-corrected chi connectivity index (χ4v) is 2.13. The van der Waals surface area contributed by atoms with Crippen LogP contribution in [0.5, 0.6) is 0 Å². The van der Waals surface area contributed by atoms with Gasteiger partial charge in [-0.05, 0) is 37.1 Å². The van der Waals surface area contributed by atoms with Gasteiger partial charge >= 0.3 is 5.97 Å². The minimum Gasteiger partial charge on any atom is -0.478 e. The Morgan fingerprint density at radius 1 is 1.42 bits per heavy atom. The molecular formula is C13H16N2O4. The maximum atomic E-state index is 11.9. The number of aryl methyl sites for hydroxylation is 1. The number of hydrogen-bond acceptors (Lipinski definition) is 4. The van der Waals surface area contributed by atoms with Crippen LogP contribution in [0.4, 0.5) is 5.69 Å². The maximum Gasteiger partial charge on any atom is 0.335 e. The standard InChI is InChI=1S/C13H16N2O4/c1-7-4-8(2-3-10(7)13(18)19)15-12(17)11-5-9(16)6-14-11/h2-4,9,11,14,16H,5-6H2,1H3,(H,15,17)(H,18,19). The number of rotatable bonds is 3. The zero-order chi connectivity index (χ0) is 14.0. The average molecular weight is 264 g/mol. The minimum atomic E-state index is -0.990. The second kappa shape index (κ2) is 5.38. The highest BCUT2D eigenvalue weighted by Crippen LogP contribution is 2.16. The van der Waals surface area contributed by atoms with Crippen LogP contribution in [0.25, 0.3) is 0 Å². The van der Waals surface area contributed by atoms with Gasteiger partial charge in [0.2, 0.25) is 5.91 Å². The number of hydrogen-bond donors (Lipinski definition) is 4. The first-order valence-corrected chi connectivity index (χ1v) is 6.03. The van der Waals surface area contributed by atoms with E-state index in [0.29, 0.717) is 24.2 Å². The number of carboxylic acid groups (broad SMARTS) is 1. The first-order valence-electron chi connectivity index (χ1n) is 6.03. The van der Waals surface area contributed by atoms with E-state index in [2.05, 4.69) is 10.6 Å². The number of carbonyl (C=O) groups is 2. The van der Waals surface area contributed by atoms with Crippen molar-refractivity contribution in [3.63, 3.8) is 0 Å². The molecule has 2 unspecified atom stereocenters. The molecule has 0 saturated carbocycles. The Labute approximate surface area is 110 Å². The van der Waals surface area contributed by atoms with E-state index < -0.39 is 18.1 Å². The third-order valence-electron chi connectivity index (χ3n) is 3.15. The van der Waals surface area contributed by atoms with Crippen LogP contribution in [0, 0.1) is 6.92 Å². The Morgan fingerprint density at radius 2 is 2.16 bits per heavy atom. The molecule has 6 nitrogen and oxygen atoms in total. The second-order valence-electron chi connectivity index (χ2n) is 4.67. The number of amides is 1. The van der Waals surface area contributed by atoms with Gasteiger partial charge in [-0.2, -0.15) is 0 Å². The molecule has 1 aliphatic heterocycles. The lowest BCUT2D eigenvalue weighted by Gasteiger charge is -2.12. The summed E-state index contributed by atoms with van der Waals surface area (Å²) in [6.07, 6.45) is -0.107. The van der Waals surface area contributed by atoms with Crippen LogP contribution in [-0.2, 0) is 4.79 Å². The number of nitrogens with one attached hydrogen (secondary N) is 2. The lowest BCUT2D eigenvalue weighted by atomic mass is 10.1. The van der Waals surface area contributed by atoms with Crippen molar-refractivity contribution in [3.8, 4) is 0 Å². The summed E-state index contributed by atoms with van der Waals surface area (Å²) >= 11 is 0. The summed E-state index contributed by atoms with van der Waals surface area (Å²) in [4.78, 5) is 22.8. The molecule has 102 valence electrons. The zero-order valence-electron chi connectivity index (χ0n) is 10.5. The van der Waals surface area contributed by atoms with Gasteiger partial charge in [-0.25, -0.2) is 4.79 Å². The van der Waals surface area contributed by atoms with Gasteiger partial charge in [0, 0.05) is 12.2 Å². The Bertz CT molecular complexity index is 515. The van der Waals surface area contributed by atoms with Gasteiger partial charge in [-0.3, -0.25) is 4.79 Å². The van der Waals surface area contributed by atoms with Gasteiger partial charge in [0.05, 0.1) is 17.7 Å². The molecule has 2 atom stereocenters. The first-order chi connectivity index (χ1) is 8.97. The molecule has 0 aromatic heterocycles. The van der Waals surface area contributed by atoms with E-state index >= 15 is 0 Å². The van der Waals surface area contributed by atoms with Crippen LogP contribution in [0.1, 0.15) is 22.3 Å². The highest BCUT2D eigenvalue weighted by Gasteiger charge is 2.28. The summed E-state index contributed by atoms with van der Waals surface area (Å²) in [5.41, 5.74) is 1.35. The van der Waals surface area contributed by atoms with Crippen LogP contribution < -0.4 is 10.6 Å². The quantitative estimate of drug-likeness (QED) is 0.631. The zero-order valence-corrected chi connectivity index (χ0v) is 10.5. The minimum absolute atomic E-state index is 0.215. The van der Waals surface area contributed by atoms with E-state index in [-0.39, 0.29) is 11.5 Å². The normalized spacial score (nSPS) is 22.2. The molecule has 1 saturated heterocycles. The third-order valence-corrected chi connectivity index (χ3v) is 3.15. The first kappa shape index (κ1) is 13.5. The Hall–Kier alpha value is -1.92. The fraction of sp³-hybridized carbons (Fsp3) is 0.385. The SMILES string of the molecule is Cc1cc(NC(=O)C2CC(O)CN2)ccc1C(=O)O. The predicted molar refractivity (Wildman–Crippen MR) is 69.2 cm³/mol. The van der Waals surface area contributed by atoms with E-state index in [1.165, 1.54) is 6.07 Å². The molecule has 1 heterocycles. The van der Waals surface area contributed by atoms with Crippen molar-refractivity contribution >= 4 is 17.6 Å². The number of aliphatic hydroxyl groups is 1. The van der Waals surface area contributed by atoms with Crippen LogP contribution in [0.15, 0.2) is 18.2 Å². The van der Waals surface area contributed by atoms with Gasteiger partial charge in [0.25, 0.3) is 0 Å². The number of carbonyl (C=O) groups excluding carboxylic acids is 1. The number of carboxylic acids is 1. The number of β-amino-alcohol motifs (C(OH)–C–C–N with tert-alkyl or cyclic N) is 1. The van der Waals surface area contributed by atoms with Crippen LogP contribution in [0.2, 0.25) is 0 Å². The highest BCUT2D eigenvalue weighted by atomic mass is 16.4. The van der Waals surface area contributed by atoms with Crippen LogP contribution in [-0.4, -0.2) is 40.8 Å². The smallest absolute Gasteiger partial charge is 0.335 e. The van der Waals surface area contributed by atoms with Gasteiger partial charge in [-0.15, -0.1) is 0 Å². The summed E-state index contributed by atoms with van der Waals surface area (Å²) in [6.45, 7) is 2.09. The monoisotopic (exact) mass is 264 g/mol. The van der Waals surface area contributed by atoms with Gasteiger partial charge in [-0.1, -0.05) is 0 Å². The average Bonchev–Trinajstić information content (AvgIpc) is 2.75. The van der Waals surface area contributed by atoms with E-state index in [0.717, 1.165) is 0 Å². The number of anilines is 1. The predicted octanol–water partition coefficient (Wildman–Crippen LogP) is 0.355. The number of aliphatic hydroxyl groups excluding tert-OH is 1. The molecule has 6 heteroatoms. The molecule has 0 aliphatic carbocycles. The summed E-state index contributed by atoms with van der Waals surface area (Å²) < 4.78 is 0. The molecule has 1 aromatic rings. The highest BCUT2D eigenvalue weighted by molar-refractivity contribution is 5.96. The van der Waals surface area contributed by atoms with Crippen molar-refractivity contribution in [2.45, 2.75) is 25.5 Å². The topological polar surface area (TPSA) is 98.7 Å². The molecule has 1 amide bonds. The molecule has 0 bridgehead atoms. The molecule has 4 N–H and O–H groups in total. The van der Waals surface area contributed by atoms with Crippen molar-refractivity contribution in [1.82, 2.24) is 5.32 Å². The molecule has 0 radical (unpaired) electrons. The molecule has 2 rings (SSSR count). The van der Waals surface area contributed by atoms with Crippen molar-refractivity contribution in [2.75, 3.05) is 11.9 Å². The second-order valence-corrected chi connectivity index (χ2v) is 4.67. The van der Waals surface area contributed by atoms with E-state index in [4.69, 9.17) is 5.11 Å². The lowest BCUT2D eigenvalue weighted by Crippen LogP contribution is -2.35. The Kier molecular flexibility index (Phi) is 3.82. The molecule has 1 aliphatic rings. The molecule has 19 heavy (non-hydrogen) atoms. The van der Waals surface area contributed by atoms with Crippen molar-refractivity contribution in [1.29, 1.82) is 0 Å². The van der Waals surface area contributed by atoms with Crippen molar-refractivity contribution in [3.05, 3.63) is 29.3 Å². The van der Waals surface area contributed by atoms with E-state index in [1.54, 1.807) is 19.1 Å². The molecular weight excluding hydrogens is 248 g/mol. The molecule has 1 aromatic carbocycles. The molecule has 1 fully saturated rings. The van der Waals surface area contributed by atoms with Crippen molar-refractivity contribution < 1.29 is 19.8 Å².